The lowest BCUT2D eigenvalue weighted by molar-refractivity contribution is -0.0567. The summed E-state index contributed by atoms with van der Waals surface area (Å²) in [6.45, 7) is 8.58. The number of rotatable bonds is 5. The molecule has 0 amide bonds. The molecule has 1 heterocycles. The van der Waals surface area contributed by atoms with Crippen LogP contribution in [0.2, 0.25) is 19.6 Å². The minimum atomic E-state index is -1.26. The molecule has 1 aliphatic rings. The summed E-state index contributed by atoms with van der Waals surface area (Å²) in [7, 11) is -1.26. The highest BCUT2D eigenvalue weighted by Gasteiger charge is 2.18. The minimum Gasteiger partial charge on any atom is -0.418 e. The van der Waals surface area contributed by atoms with Gasteiger partial charge in [0.1, 0.15) is 0 Å². The second-order valence-electron chi connectivity index (χ2n) is 4.38. The zero-order valence-corrected chi connectivity index (χ0v) is 9.43. The predicted molar refractivity (Wildman–Crippen MR) is 52.9 cm³/mol. The van der Waals surface area contributed by atoms with E-state index in [1.54, 1.807) is 0 Å². The van der Waals surface area contributed by atoms with Crippen LogP contribution in [-0.4, -0.2) is 27.6 Å². The first-order valence-electron chi connectivity index (χ1n) is 4.83. The summed E-state index contributed by atoms with van der Waals surface area (Å²) in [6.07, 6.45) is 4.15. The van der Waals surface area contributed by atoms with E-state index in [1.165, 1.54) is 12.8 Å². The lowest BCUT2D eigenvalue weighted by Gasteiger charge is -2.26. The van der Waals surface area contributed by atoms with Crippen molar-refractivity contribution in [2.75, 3.05) is 13.2 Å². The number of hydrogen-bond acceptors (Lipinski definition) is 2. The summed E-state index contributed by atoms with van der Waals surface area (Å²) in [6, 6.07) is 0. The zero-order valence-electron chi connectivity index (χ0n) is 8.43. The fraction of sp³-hybridized carbons (Fsp3) is 1.00. The first-order chi connectivity index (χ1) is 5.58. The molecule has 1 atom stereocenters. The summed E-state index contributed by atoms with van der Waals surface area (Å²) >= 11 is 0. The van der Waals surface area contributed by atoms with Gasteiger partial charge in [-0.2, -0.15) is 0 Å². The quantitative estimate of drug-likeness (QED) is 0.487. The maximum Gasteiger partial charge on any atom is 0.183 e. The maximum atomic E-state index is 5.73. The smallest absolute Gasteiger partial charge is 0.183 e. The van der Waals surface area contributed by atoms with Crippen molar-refractivity contribution in [2.24, 2.45) is 0 Å². The van der Waals surface area contributed by atoms with Crippen molar-refractivity contribution in [3.63, 3.8) is 0 Å². The van der Waals surface area contributed by atoms with Crippen LogP contribution in [0.5, 0.6) is 0 Å². The van der Waals surface area contributed by atoms with Gasteiger partial charge >= 0.3 is 0 Å². The van der Waals surface area contributed by atoms with E-state index in [2.05, 4.69) is 19.6 Å². The van der Waals surface area contributed by atoms with Gasteiger partial charge in [0.25, 0.3) is 0 Å². The highest BCUT2D eigenvalue weighted by atomic mass is 28.4. The van der Waals surface area contributed by atoms with Crippen LogP contribution in [-0.2, 0) is 9.16 Å². The maximum absolute atomic E-state index is 5.73. The molecule has 0 aromatic carbocycles. The van der Waals surface area contributed by atoms with E-state index in [0.717, 1.165) is 19.6 Å². The molecule has 72 valence electrons. The summed E-state index contributed by atoms with van der Waals surface area (Å²) in [5.74, 6) is 0. The molecule has 1 aliphatic heterocycles. The molecule has 1 unspecified atom stereocenters. The first kappa shape index (κ1) is 10.2. The number of ether oxygens (including phenoxy) is 1. The molecule has 3 heteroatoms. The first-order valence-corrected chi connectivity index (χ1v) is 8.24. The van der Waals surface area contributed by atoms with Crippen LogP contribution in [0.4, 0.5) is 0 Å². The highest BCUT2D eigenvalue weighted by Crippen LogP contribution is 2.16. The molecule has 1 fully saturated rings. The third-order valence-corrected chi connectivity index (χ3v) is 3.07. The zero-order chi connectivity index (χ0) is 9.03. The Labute approximate surface area is 76.4 Å². The van der Waals surface area contributed by atoms with Gasteiger partial charge in [0.2, 0.25) is 0 Å². The fourth-order valence-corrected chi connectivity index (χ4v) is 1.96. The normalized spacial score (nSPS) is 23.8. The molecule has 2 nitrogen and oxygen atoms in total. The van der Waals surface area contributed by atoms with E-state index in [1.807, 2.05) is 0 Å². The standard InChI is InChI=1S/C9H20O2Si/c1-12(2,3)11-7-4-5-9-6-8-10-9/h9H,4-8H2,1-3H3. The molecule has 0 saturated carbocycles. The van der Waals surface area contributed by atoms with Crippen LogP contribution in [0.1, 0.15) is 19.3 Å². The molecule has 0 spiro atoms. The molecule has 0 aromatic heterocycles. The molecule has 0 aromatic rings. The highest BCUT2D eigenvalue weighted by molar-refractivity contribution is 6.69. The van der Waals surface area contributed by atoms with Crippen molar-refractivity contribution in [3.8, 4) is 0 Å². The van der Waals surface area contributed by atoms with Gasteiger partial charge in [-0.3, -0.25) is 0 Å². The van der Waals surface area contributed by atoms with Crippen LogP contribution in [0.15, 0.2) is 0 Å². The Morgan fingerprint density at radius 1 is 1.42 bits per heavy atom. The van der Waals surface area contributed by atoms with Crippen LogP contribution in [0, 0.1) is 0 Å². The van der Waals surface area contributed by atoms with Crippen LogP contribution in [0.25, 0.3) is 0 Å². The molecule has 0 radical (unpaired) electrons. The largest absolute Gasteiger partial charge is 0.418 e. The minimum absolute atomic E-state index is 0.551. The van der Waals surface area contributed by atoms with Crippen molar-refractivity contribution < 1.29 is 9.16 Å². The van der Waals surface area contributed by atoms with Gasteiger partial charge in [-0.15, -0.1) is 0 Å². The fourth-order valence-electron chi connectivity index (χ4n) is 1.20. The lowest BCUT2D eigenvalue weighted by Crippen LogP contribution is -2.29. The summed E-state index contributed by atoms with van der Waals surface area (Å²) in [4.78, 5) is 0. The molecule has 0 bridgehead atoms. The van der Waals surface area contributed by atoms with E-state index in [4.69, 9.17) is 9.16 Å². The molecule has 12 heavy (non-hydrogen) atoms. The molecule has 0 N–H and O–H groups in total. The predicted octanol–water partition coefficient (Wildman–Crippen LogP) is 2.41. The Kier molecular flexibility index (Phi) is 3.74. The Bertz CT molecular complexity index is 127. The Morgan fingerprint density at radius 3 is 2.50 bits per heavy atom. The average Bonchev–Trinajstić information content (AvgIpc) is 1.80. The summed E-state index contributed by atoms with van der Waals surface area (Å²) in [5.41, 5.74) is 0. The van der Waals surface area contributed by atoms with Gasteiger partial charge in [-0.1, -0.05) is 0 Å². The third-order valence-electron chi connectivity index (χ3n) is 2.00. The van der Waals surface area contributed by atoms with Gasteiger partial charge in [0, 0.05) is 13.2 Å². The van der Waals surface area contributed by atoms with E-state index in [-0.39, 0.29) is 0 Å². The van der Waals surface area contributed by atoms with Crippen molar-refractivity contribution in [2.45, 2.75) is 45.0 Å². The van der Waals surface area contributed by atoms with E-state index >= 15 is 0 Å². The Morgan fingerprint density at radius 2 is 2.08 bits per heavy atom. The summed E-state index contributed by atoms with van der Waals surface area (Å²) < 4.78 is 11.1. The van der Waals surface area contributed by atoms with Crippen LogP contribution < -0.4 is 0 Å². The second-order valence-corrected chi connectivity index (χ2v) is 8.90. The van der Waals surface area contributed by atoms with Gasteiger partial charge in [-0.25, -0.2) is 0 Å². The topological polar surface area (TPSA) is 18.5 Å². The van der Waals surface area contributed by atoms with Crippen molar-refractivity contribution >= 4 is 8.32 Å². The average molecular weight is 188 g/mol. The third kappa shape index (κ3) is 4.23. The van der Waals surface area contributed by atoms with Crippen molar-refractivity contribution in [3.05, 3.63) is 0 Å². The van der Waals surface area contributed by atoms with E-state index in [9.17, 15) is 0 Å². The summed E-state index contributed by atoms with van der Waals surface area (Å²) in [5, 5.41) is 0. The van der Waals surface area contributed by atoms with Gasteiger partial charge in [-0.05, 0) is 38.9 Å². The molecule has 1 saturated heterocycles. The van der Waals surface area contributed by atoms with E-state index < -0.39 is 8.32 Å². The Hall–Kier alpha value is 0.137. The second kappa shape index (κ2) is 4.39. The van der Waals surface area contributed by atoms with Crippen LogP contribution in [0.3, 0.4) is 0 Å². The van der Waals surface area contributed by atoms with Gasteiger partial charge < -0.3 is 9.16 Å². The van der Waals surface area contributed by atoms with Gasteiger partial charge in [0.15, 0.2) is 8.32 Å². The molecule has 1 rings (SSSR count). The van der Waals surface area contributed by atoms with Crippen molar-refractivity contribution in [1.29, 1.82) is 0 Å². The van der Waals surface area contributed by atoms with Crippen molar-refractivity contribution in [1.82, 2.24) is 0 Å². The lowest BCUT2D eigenvalue weighted by atomic mass is 10.1. The molecular formula is C9H20O2Si. The monoisotopic (exact) mass is 188 g/mol. The molecular weight excluding hydrogens is 168 g/mol. The Balaban J connectivity index is 1.88. The molecule has 0 aliphatic carbocycles. The SMILES string of the molecule is C[Si](C)(C)OCCCC1CCO1. The van der Waals surface area contributed by atoms with Gasteiger partial charge in [0.05, 0.1) is 6.10 Å². The van der Waals surface area contributed by atoms with Crippen LogP contribution >= 0.6 is 0 Å². The number of hydrogen-bond donors (Lipinski definition) is 0. The van der Waals surface area contributed by atoms with E-state index in [0.29, 0.717) is 6.10 Å².